The number of hydrogen-bond acceptors (Lipinski definition) is 2. The van der Waals surface area contributed by atoms with Gasteiger partial charge in [-0.05, 0) is 23.9 Å². The molecule has 0 bridgehead atoms. The first kappa shape index (κ1) is 6.88. The van der Waals surface area contributed by atoms with E-state index in [4.69, 9.17) is 21.1 Å². The van der Waals surface area contributed by atoms with Gasteiger partial charge in [0.2, 0.25) is 6.29 Å². The number of ether oxygens (including phenoxy) is 2. The van der Waals surface area contributed by atoms with E-state index < -0.39 is 6.29 Å². The van der Waals surface area contributed by atoms with E-state index in [0.29, 0.717) is 0 Å². The summed E-state index contributed by atoms with van der Waals surface area (Å²) in [5, 5.41) is 2.21. The second kappa shape index (κ2) is 3.73. The second-order valence-corrected chi connectivity index (χ2v) is 1.85. The monoisotopic (exact) mass is 146 g/mol. The SMILES string of the molecule is ClC#CC1OCCCO1. The number of rotatable bonds is 0. The van der Waals surface area contributed by atoms with E-state index in [0.717, 1.165) is 19.6 Å². The first-order valence-corrected chi connectivity index (χ1v) is 3.15. The fourth-order valence-corrected chi connectivity index (χ4v) is 0.705. The minimum Gasteiger partial charge on any atom is -0.342 e. The Hall–Kier alpha value is -0.230. The fraction of sp³-hybridized carbons (Fsp3) is 0.667. The normalized spacial score (nSPS) is 20.6. The molecule has 3 heteroatoms. The van der Waals surface area contributed by atoms with Crippen molar-refractivity contribution in [3.63, 3.8) is 0 Å². The van der Waals surface area contributed by atoms with Crippen molar-refractivity contribution >= 4 is 11.6 Å². The quantitative estimate of drug-likeness (QED) is 0.474. The van der Waals surface area contributed by atoms with Gasteiger partial charge in [0.1, 0.15) is 0 Å². The van der Waals surface area contributed by atoms with Gasteiger partial charge in [-0.1, -0.05) is 0 Å². The molecule has 1 aliphatic rings. The van der Waals surface area contributed by atoms with Gasteiger partial charge >= 0.3 is 0 Å². The average molecular weight is 147 g/mol. The molecule has 0 aliphatic carbocycles. The summed E-state index contributed by atoms with van der Waals surface area (Å²) >= 11 is 5.11. The molecule has 0 aromatic carbocycles. The topological polar surface area (TPSA) is 18.5 Å². The van der Waals surface area contributed by atoms with Crippen LogP contribution in [-0.2, 0) is 9.47 Å². The molecule has 0 radical (unpaired) electrons. The molecule has 0 saturated carbocycles. The molecule has 0 amide bonds. The van der Waals surface area contributed by atoms with Gasteiger partial charge in [0.05, 0.1) is 13.2 Å². The first-order valence-electron chi connectivity index (χ1n) is 2.78. The van der Waals surface area contributed by atoms with Crippen LogP contribution in [0.3, 0.4) is 0 Å². The lowest BCUT2D eigenvalue weighted by Crippen LogP contribution is -2.22. The Morgan fingerprint density at radius 1 is 1.33 bits per heavy atom. The highest BCUT2D eigenvalue weighted by Gasteiger charge is 2.09. The Morgan fingerprint density at radius 3 is 2.56 bits per heavy atom. The molecule has 1 aliphatic heterocycles. The van der Waals surface area contributed by atoms with Crippen LogP contribution in [0, 0.1) is 11.3 Å². The molecular weight excluding hydrogens is 140 g/mol. The lowest BCUT2D eigenvalue weighted by atomic mass is 10.4. The van der Waals surface area contributed by atoms with Crippen molar-refractivity contribution in [3.05, 3.63) is 0 Å². The molecule has 0 atom stereocenters. The van der Waals surface area contributed by atoms with E-state index in [1.165, 1.54) is 0 Å². The van der Waals surface area contributed by atoms with Crippen LogP contribution in [0.1, 0.15) is 6.42 Å². The van der Waals surface area contributed by atoms with E-state index in [9.17, 15) is 0 Å². The van der Waals surface area contributed by atoms with Crippen LogP contribution in [-0.4, -0.2) is 19.5 Å². The van der Waals surface area contributed by atoms with Gasteiger partial charge in [-0.15, -0.1) is 0 Å². The van der Waals surface area contributed by atoms with Gasteiger partial charge < -0.3 is 9.47 Å². The van der Waals surface area contributed by atoms with Crippen molar-refractivity contribution in [1.29, 1.82) is 0 Å². The van der Waals surface area contributed by atoms with Gasteiger partial charge in [0.25, 0.3) is 0 Å². The van der Waals surface area contributed by atoms with Crippen LogP contribution in [0.4, 0.5) is 0 Å². The highest BCUT2D eigenvalue weighted by Crippen LogP contribution is 2.02. The van der Waals surface area contributed by atoms with E-state index >= 15 is 0 Å². The summed E-state index contributed by atoms with van der Waals surface area (Å²) in [7, 11) is 0. The van der Waals surface area contributed by atoms with Gasteiger partial charge in [-0.3, -0.25) is 0 Å². The van der Waals surface area contributed by atoms with Crippen LogP contribution >= 0.6 is 11.6 Å². The van der Waals surface area contributed by atoms with Crippen LogP contribution in [0.5, 0.6) is 0 Å². The molecule has 9 heavy (non-hydrogen) atoms. The molecule has 50 valence electrons. The van der Waals surface area contributed by atoms with E-state index in [2.05, 4.69) is 11.3 Å². The first-order chi connectivity index (χ1) is 4.43. The standard InChI is InChI=1S/C6H7ClO2/c7-3-2-6-8-4-1-5-9-6/h6H,1,4-5H2. The summed E-state index contributed by atoms with van der Waals surface area (Å²) < 4.78 is 10.1. The van der Waals surface area contributed by atoms with Gasteiger partial charge in [0.15, 0.2) is 0 Å². The van der Waals surface area contributed by atoms with Crippen molar-refractivity contribution in [2.45, 2.75) is 12.7 Å². The lowest BCUT2D eigenvalue weighted by molar-refractivity contribution is -0.143. The predicted octanol–water partition coefficient (Wildman–Crippen LogP) is 0.949. The molecule has 0 aromatic heterocycles. The Morgan fingerprint density at radius 2 is 2.00 bits per heavy atom. The molecular formula is C6H7ClO2. The molecule has 1 fully saturated rings. The van der Waals surface area contributed by atoms with Crippen LogP contribution in [0.2, 0.25) is 0 Å². The maximum absolute atomic E-state index is 5.11. The molecule has 0 unspecified atom stereocenters. The molecule has 1 heterocycles. The van der Waals surface area contributed by atoms with Crippen molar-refractivity contribution in [2.24, 2.45) is 0 Å². The van der Waals surface area contributed by atoms with Crippen LogP contribution in [0.15, 0.2) is 0 Å². The maximum atomic E-state index is 5.11. The zero-order valence-corrected chi connectivity index (χ0v) is 5.65. The summed E-state index contributed by atoms with van der Waals surface area (Å²) in [4.78, 5) is 0. The summed E-state index contributed by atoms with van der Waals surface area (Å²) in [5.74, 6) is 2.56. The lowest BCUT2D eigenvalue weighted by Gasteiger charge is -2.17. The second-order valence-electron chi connectivity index (χ2n) is 1.67. The number of halogens is 1. The van der Waals surface area contributed by atoms with E-state index in [1.807, 2.05) is 0 Å². The van der Waals surface area contributed by atoms with Crippen LogP contribution in [0.25, 0.3) is 0 Å². The van der Waals surface area contributed by atoms with Gasteiger partial charge in [-0.2, -0.15) is 0 Å². The highest BCUT2D eigenvalue weighted by atomic mass is 35.5. The Kier molecular flexibility index (Phi) is 2.85. The predicted molar refractivity (Wildman–Crippen MR) is 33.9 cm³/mol. The molecule has 0 aromatic rings. The zero-order valence-electron chi connectivity index (χ0n) is 4.89. The van der Waals surface area contributed by atoms with Gasteiger partial charge in [-0.25, -0.2) is 0 Å². The average Bonchev–Trinajstić information content (AvgIpc) is 1.91. The maximum Gasteiger partial charge on any atom is 0.223 e. The van der Waals surface area contributed by atoms with Crippen molar-refractivity contribution in [3.8, 4) is 11.3 Å². The summed E-state index contributed by atoms with van der Waals surface area (Å²) in [6, 6.07) is 0. The smallest absolute Gasteiger partial charge is 0.223 e. The van der Waals surface area contributed by atoms with Crippen molar-refractivity contribution in [1.82, 2.24) is 0 Å². The third-order valence-corrected chi connectivity index (χ3v) is 1.11. The van der Waals surface area contributed by atoms with E-state index in [-0.39, 0.29) is 0 Å². The van der Waals surface area contributed by atoms with Gasteiger partial charge in [0, 0.05) is 5.38 Å². The minimum atomic E-state index is -0.392. The highest BCUT2D eigenvalue weighted by molar-refractivity contribution is 6.30. The molecule has 1 saturated heterocycles. The zero-order chi connectivity index (χ0) is 6.53. The number of hydrogen-bond donors (Lipinski definition) is 0. The molecule has 2 nitrogen and oxygen atoms in total. The van der Waals surface area contributed by atoms with Crippen molar-refractivity contribution < 1.29 is 9.47 Å². The Bertz CT molecular complexity index is 130. The largest absolute Gasteiger partial charge is 0.342 e. The summed E-state index contributed by atoms with van der Waals surface area (Å²) in [5.41, 5.74) is 0. The Labute approximate surface area is 59.1 Å². The molecule has 0 N–H and O–H groups in total. The summed E-state index contributed by atoms with van der Waals surface area (Å²) in [6.07, 6.45) is 0.553. The Balaban J connectivity index is 2.28. The minimum absolute atomic E-state index is 0.392. The fourth-order valence-electron chi connectivity index (χ4n) is 0.616. The third kappa shape index (κ3) is 2.23. The van der Waals surface area contributed by atoms with Crippen LogP contribution < -0.4 is 0 Å². The molecule has 1 rings (SSSR count). The summed E-state index contributed by atoms with van der Waals surface area (Å²) in [6.45, 7) is 1.44. The third-order valence-electron chi connectivity index (χ3n) is 1.000. The van der Waals surface area contributed by atoms with E-state index in [1.54, 1.807) is 0 Å². The molecule has 0 spiro atoms. The van der Waals surface area contributed by atoms with Crippen molar-refractivity contribution in [2.75, 3.05) is 13.2 Å².